The van der Waals surface area contributed by atoms with Crippen LogP contribution in [-0.4, -0.2) is 18.7 Å². The lowest BCUT2D eigenvalue weighted by atomic mass is 10.0. The van der Waals surface area contributed by atoms with Gasteiger partial charge in [-0.3, -0.25) is 9.59 Å². The summed E-state index contributed by atoms with van der Waals surface area (Å²) < 4.78 is 6.19. The van der Waals surface area contributed by atoms with Crippen LogP contribution in [0.3, 0.4) is 0 Å². The van der Waals surface area contributed by atoms with E-state index in [9.17, 15) is 9.59 Å². The second-order valence-electron chi connectivity index (χ2n) is 2.94. The number of ether oxygens (including phenoxy) is 1. The van der Waals surface area contributed by atoms with Gasteiger partial charge in [-0.15, -0.1) is 0 Å². The lowest BCUT2D eigenvalue weighted by molar-refractivity contribution is 0.100. The number of hydrogen-bond acceptors (Lipinski definition) is 3. The Balaban J connectivity index is 3.39. The number of aldehydes is 1. The summed E-state index contributed by atoms with van der Waals surface area (Å²) >= 11 is 2.08. The molecule has 0 aliphatic rings. The summed E-state index contributed by atoms with van der Waals surface area (Å²) in [7, 11) is 0. The van der Waals surface area contributed by atoms with Crippen molar-refractivity contribution >= 4 is 34.7 Å². The smallest absolute Gasteiger partial charge is 0.160 e. The average molecular weight is 318 g/mol. The lowest BCUT2D eigenvalue weighted by Crippen LogP contribution is -2.05. The summed E-state index contributed by atoms with van der Waals surface area (Å²) in [6.45, 7) is 3.74. The Bertz CT molecular complexity index is 399. The quantitative estimate of drug-likeness (QED) is 0.487. The zero-order valence-electron chi connectivity index (χ0n) is 8.54. The minimum absolute atomic E-state index is 0.130. The van der Waals surface area contributed by atoms with Crippen LogP contribution in [0.1, 0.15) is 34.6 Å². The van der Waals surface area contributed by atoms with Crippen LogP contribution >= 0.6 is 22.6 Å². The molecule has 1 aromatic rings. The molecule has 80 valence electrons. The van der Waals surface area contributed by atoms with Gasteiger partial charge in [0.25, 0.3) is 0 Å². The molecule has 0 radical (unpaired) electrons. The molecule has 0 saturated carbocycles. The van der Waals surface area contributed by atoms with Crippen molar-refractivity contribution in [1.82, 2.24) is 0 Å². The molecule has 0 N–H and O–H groups in total. The van der Waals surface area contributed by atoms with Gasteiger partial charge in [0.15, 0.2) is 12.1 Å². The number of benzene rings is 1. The summed E-state index contributed by atoms with van der Waals surface area (Å²) in [5.74, 6) is 0.371. The fourth-order valence-corrected chi connectivity index (χ4v) is 1.91. The van der Waals surface area contributed by atoms with Crippen molar-refractivity contribution in [2.24, 2.45) is 0 Å². The van der Waals surface area contributed by atoms with Crippen LogP contribution in [0.2, 0.25) is 0 Å². The molecule has 1 aromatic carbocycles. The predicted octanol–water partition coefficient (Wildman–Crippen LogP) is 2.71. The Morgan fingerprint density at radius 1 is 1.53 bits per heavy atom. The first-order valence-corrected chi connectivity index (χ1v) is 5.61. The molecule has 15 heavy (non-hydrogen) atoms. The van der Waals surface area contributed by atoms with Crippen molar-refractivity contribution < 1.29 is 14.3 Å². The molecule has 1 rings (SSSR count). The van der Waals surface area contributed by atoms with E-state index in [1.165, 1.54) is 6.92 Å². The third-order valence-corrected chi connectivity index (χ3v) is 2.78. The molecule has 0 aliphatic carbocycles. The van der Waals surface area contributed by atoms with Crippen LogP contribution in [0.15, 0.2) is 12.1 Å². The van der Waals surface area contributed by atoms with Gasteiger partial charge in [0.05, 0.1) is 15.7 Å². The number of carbonyl (C=O) groups is 2. The van der Waals surface area contributed by atoms with E-state index >= 15 is 0 Å². The van der Waals surface area contributed by atoms with Crippen LogP contribution in [0.4, 0.5) is 0 Å². The van der Waals surface area contributed by atoms with E-state index < -0.39 is 0 Å². The fraction of sp³-hybridized carbons (Fsp3) is 0.273. The molecular formula is C11H11IO3. The van der Waals surface area contributed by atoms with Crippen LogP contribution in [0.5, 0.6) is 5.75 Å². The Morgan fingerprint density at radius 3 is 2.67 bits per heavy atom. The third-order valence-electron chi connectivity index (χ3n) is 1.93. The molecule has 0 unspecified atom stereocenters. The molecule has 0 fully saturated rings. The van der Waals surface area contributed by atoms with Gasteiger partial charge in [0, 0.05) is 5.56 Å². The van der Waals surface area contributed by atoms with Crippen molar-refractivity contribution in [1.29, 1.82) is 0 Å². The lowest BCUT2D eigenvalue weighted by Gasteiger charge is -2.10. The van der Waals surface area contributed by atoms with E-state index in [4.69, 9.17) is 4.74 Å². The van der Waals surface area contributed by atoms with E-state index in [2.05, 4.69) is 22.6 Å². The van der Waals surface area contributed by atoms with Crippen molar-refractivity contribution in [3.63, 3.8) is 0 Å². The Morgan fingerprint density at radius 2 is 2.20 bits per heavy atom. The zero-order chi connectivity index (χ0) is 11.4. The Kier molecular flexibility index (Phi) is 4.26. The van der Waals surface area contributed by atoms with Crippen LogP contribution < -0.4 is 4.74 Å². The fourth-order valence-electron chi connectivity index (χ4n) is 1.29. The first-order valence-electron chi connectivity index (χ1n) is 4.53. The molecule has 0 atom stereocenters. The maximum absolute atomic E-state index is 11.3. The number of halogens is 1. The first-order chi connectivity index (χ1) is 7.11. The molecular weight excluding hydrogens is 307 g/mol. The highest BCUT2D eigenvalue weighted by atomic mass is 127. The van der Waals surface area contributed by atoms with Crippen molar-refractivity contribution in [3.05, 3.63) is 26.8 Å². The Hall–Kier alpha value is -0.910. The molecule has 4 heteroatoms. The highest BCUT2D eigenvalue weighted by Crippen LogP contribution is 2.27. The Labute approximate surface area is 102 Å². The van der Waals surface area contributed by atoms with E-state index in [0.717, 1.165) is 3.57 Å². The monoisotopic (exact) mass is 318 g/mol. The molecule has 0 aromatic heterocycles. The van der Waals surface area contributed by atoms with Crippen molar-refractivity contribution in [2.45, 2.75) is 13.8 Å². The molecule has 0 amide bonds. The van der Waals surface area contributed by atoms with Gasteiger partial charge in [0.2, 0.25) is 0 Å². The van der Waals surface area contributed by atoms with E-state index in [1.807, 2.05) is 6.92 Å². The average Bonchev–Trinajstić information content (AvgIpc) is 2.20. The van der Waals surface area contributed by atoms with Crippen LogP contribution in [0.25, 0.3) is 0 Å². The second-order valence-corrected chi connectivity index (χ2v) is 4.11. The number of ketones is 1. The minimum Gasteiger partial charge on any atom is -0.492 e. The van der Waals surface area contributed by atoms with Gasteiger partial charge in [-0.25, -0.2) is 0 Å². The molecule has 0 heterocycles. The molecule has 0 aliphatic heterocycles. The van der Waals surface area contributed by atoms with Gasteiger partial charge in [-0.1, -0.05) is 0 Å². The maximum atomic E-state index is 11.3. The molecule has 0 bridgehead atoms. The van der Waals surface area contributed by atoms with Gasteiger partial charge in [0.1, 0.15) is 5.75 Å². The number of rotatable bonds is 4. The standard InChI is InChI=1S/C11H11IO3/c1-3-15-11-9(6-13)8(7(2)14)4-5-10(11)12/h4-6H,3H2,1-2H3. The summed E-state index contributed by atoms with van der Waals surface area (Å²) in [4.78, 5) is 22.2. The number of carbonyl (C=O) groups excluding carboxylic acids is 2. The molecule has 0 saturated heterocycles. The summed E-state index contributed by atoms with van der Waals surface area (Å²) in [6.07, 6.45) is 0.671. The van der Waals surface area contributed by atoms with Gasteiger partial charge in [-0.05, 0) is 48.6 Å². The van der Waals surface area contributed by atoms with Gasteiger partial charge >= 0.3 is 0 Å². The number of Topliss-reactive ketones (excluding diaryl/α,β-unsaturated/α-hetero) is 1. The molecule has 0 spiro atoms. The highest BCUT2D eigenvalue weighted by molar-refractivity contribution is 14.1. The largest absolute Gasteiger partial charge is 0.492 e. The van der Waals surface area contributed by atoms with Crippen molar-refractivity contribution in [2.75, 3.05) is 6.61 Å². The van der Waals surface area contributed by atoms with Crippen LogP contribution in [-0.2, 0) is 0 Å². The second kappa shape index (κ2) is 5.25. The minimum atomic E-state index is -0.130. The van der Waals surface area contributed by atoms with E-state index in [0.29, 0.717) is 29.8 Å². The topological polar surface area (TPSA) is 43.4 Å². The molecule has 3 nitrogen and oxygen atoms in total. The van der Waals surface area contributed by atoms with Crippen LogP contribution in [0, 0.1) is 3.57 Å². The summed E-state index contributed by atoms with van der Waals surface area (Å²) in [5, 5.41) is 0. The SMILES string of the molecule is CCOc1c(I)ccc(C(C)=O)c1C=O. The number of hydrogen-bond donors (Lipinski definition) is 0. The summed E-state index contributed by atoms with van der Waals surface area (Å²) in [5.41, 5.74) is 0.755. The maximum Gasteiger partial charge on any atom is 0.160 e. The van der Waals surface area contributed by atoms with Gasteiger partial charge in [-0.2, -0.15) is 0 Å². The summed E-state index contributed by atoms with van der Waals surface area (Å²) in [6, 6.07) is 3.42. The predicted molar refractivity (Wildman–Crippen MR) is 65.7 cm³/mol. The highest BCUT2D eigenvalue weighted by Gasteiger charge is 2.15. The van der Waals surface area contributed by atoms with Crippen molar-refractivity contribution in [3.8, 4) is 5.75 Å². The normalized spacial score (nSPS) is 9.80. The van der Waals surface area contributed by atoms with Gasteiger partial charge < -0.3 is 4.74 Å². The zero-order valence-corrected chi connectivity index (χ0v) is 10.7. The van der Waals surface area contributed by atoms with E-state index in [-0.39, 0.29) is 5.78 Å². The third kappa shape index (κ3) is 2.56. The first kappa shape index (κ1) is 12.2. The van der Waals surface area contributed by atoms with E-state index in [1.54, 1.807) is 12.1 Å².